The van der Waals surface area contributed by atoms with Gasteiger partial charge in [0.2, 0.25) is 11.6 Å². The first-order valence-electron chi connectivity index (χ1n) is 9.90. The summed E-state index contributed by atoms with van der Waals surface area (Å²) in [5.41, 5.74) is -0.364. The summed E-state index contributed by atoms with van der Waals surface area (Å²) in [7, 11) is 0. The van der Waals surface area contributed by atoms with Gasteiger partial charge in [-0.1, -0.05) is 0 Å². The first kappa shape index (κ1) is 15.4. The Morgan fingerprint density at radius 1 is 1.00 bits per heavy atom. The number of hydrogen-bond donors (Lipinski definition) is 2. The highest BCUT2D eigenvalue weighted by molar-refractivity contribution is 5.67. The predicted molar refractivity (Wildman–Crippen MR) is 83.9 cm³/mol. The zero-order valence-corrected chi connectivity index (χ0v) is 14.4. The quantitative estimate of drug-likeness (QED) is 0.745. The molecule has 0 aromatic heterocycles. The normalized spacial score (nSPS) is 61.0. The number of carboxylic acid groups (broad SMARTS) is 1. The molecule has 6 fully saturated rings. The SMILES string of the molecule is O=C(O)C[C@H]1CC[C@]2(CC1)OO[C@@]1(O2)C2CC3C[C@@]4(O)CC1CC34C2. The molecule has 25 heavy (non-hydrogen) atoms. The molecule has 3 spiro atoms. The van der Waals surface area contributed by atoms with E-state index in [-0.39, 0.29) is 23.7 Å². The van der Waals surface area contributed by atoms with Crippen molar-refractivity contribution in [2.24, 2.45) is 29.1 Å². The van der Waals surface area contributed by atoms with Crippen molar-refractivity contribution >= 4 is 5.97 Å². The highest BCUT2D eigenvalue weighted by Crippen LogP contribution is 2.80. The van der Waals surface area contributed by atoms with Crippen LogP contribution in [0.4, 0.5) is 0 Å². The zero-order chi connectivity index (χ0) is 17.1. The van der Waals surface area contributed by atoms with E-state index in [0.717, 1.165) is 44.9 Å². The zero-order valence-electron chi connectivity index (χ0n) is 14.4. The molecule has 138 valence electrons. The molecule has 6 aliphatic rings. The van der Waals surface area contributed by atoms with Gasteiger partial charge < -0.3 is 14.9 Å². The second-order valence-corrected chi connectivity index (χ2v) is 9.77. The van der Waals surface area contributed by atoms with Gasteiger partial charge in [0.15, 0.2) is 0 Å². The molecule has 0 amide bonds. The Hall–Kier alpha value is -0.690. The summed E-state index contributed by atoms with van der Waals surface area (Å²) in [4.78, 5) is 22.8. The minimum absolute atomic E-state index is 0.134. The Balaban J connectivity index is 1.24. The fraction of sp³-hybridized carbons (Fsp3) is 0.947. The van der Waals surface area contributed by atoms with Gasteiger partial charge in [0.05, 0.1) is 5.60 Å². The van der Waals surface area contributed by atoms with E-state index in [1.54, 1.807) is 0 Å². The van der Waals surface area contributed by atoms with Crippen molar-refractivity contribution in [2.75, 3.05) is 0 Å². The van der Waals surface area contributed by atoms with Crippen LogP contribution in [0.3, 0.4) is 0 Å². The van der Waals surface area contributed by atoms with Crippen LogP contribution >= 0.6 is 0 Å². The van der Waals surface area contributed by atoms with Crippen LogP contribution in [-0.2, 0) is 19.3 Å². The molecule has 1 saturated heterocycles. The molecular formula is C19H26O6. The highest BCUT2D eigenvalue weighted by atomic mass is 17.3. The molecule has 0 aromatic carbocycles. The number of carboxylic acids is 1. The van der Waals surface area contributed by atoms with Crippen LogP contribution in [0.25, 0.3) is 0 Å². The molecule has 6 heteroatoms. The van der Waals surface area contributed by atoms with E-state index in [1.165, 1.54) is 0 Å². The molecule has 1 heterocycles. The number of aliphatic hydroxyl groups is 1. The van der Waals surface area contributed by atoms with Crippen molar-refractivity contribution in [3.63, 3.8) is 0 Å². The van der Waals surface area contributed by atoms with Gasteiger partial charge in [-0.3, -0.25) is 4.79 Å². The van der Waals surface area contributed by atoms with Gasteiger partial charge in [-0.25, -0.2) is 0 Å². The molecule has 2 N–H and O–H groups in total. The average Bonchev–Trinajstić information content (AvgIpc) is 3.12. The molecule has 0 aromatic rings. The summed E-state index contributed by atoms with van der Waals surface area (Å²) >= 11 is 0. The third-order valence-electron chi connectivity index (χ3n) is 8.80. The molecule has 1 aliphatic heterocycles. The molecule has 0 radical (unpaired) electrons. The molecule has 6 rings (SSSR count). The Labute approximate surface area is 146 Å². The van der Waals surface area contributed by atoms with E-state index < -0.39 is 23.1 Å². The van der Waals surface area contributed by atoms with Crippen LogP contribution in [0.1, 0.15) is 64.2 Å². The van der Waals surface area contributed by atoms with E-state index in [1.807, 2.05) is 0 Å². The number of carbonyl (C=O) groups is 1. The van der Waals surface area contributed by atoms with Gasteiger partial charge in [0, 0.05) is 36.5 Å². The average molecular weight is 350 g/mol. The molecule has 5 aliphatic carbocycles. The molecule has 4 unspecified atom stereocenters. The van der Waals surface area contributed by atoms with Crippen molar-refractivity contribution in [3.05, 3.63) is 0 Å². The topological polar surface area (TPSA) is 85.2 Å². The van der Waals surface area contributed by atoms with E-state index in [4.69, 9.17) is 19.6 Å². The van der Waals surface area contributed by atoms with Gasteiger partial charge in [-0.2, -0.15) is 9.78 Å². The third kappa shape index (κ3) is 1.68. The summed E-state index contributed by atoms with van der Waals surface area (Å²) in [6.07, 6.45) is 8.06. The smallest absolute Gasteiger partial charge is 0.303 e. The lowest BCUT2D eigenvalue weighted by Crippen LogP contribution is -2.57. The van der Waals surface area contributed by atoms with Crippen LogP contribution < -0.4 is 0 Å². The fourth-order valence-electron chi connectivity index (χ4n) is 7.68. The van der Waals surface area contributed by atoms with E-state index in [9.17, 15) is 9.90 Å². The van der Waals surface area contributed by atoms with Gasteiger partial charge in [-0.15, -0.1) is 0 Å². The van der Waals surface area contributed by atoms with Gasteiger partial charge >= 0.3 is 5.97 Å². The van der Waals surface area contributed by atoms with Gasteiger partial charge in [0.25, 0.3) is 0 Å². The standard InChI is InChI=1S/C19H26O6/c20-15(21)5-11-1-3-18(4-2-11)23-19(25-24-18)13-6-12-9-17(22)10-14(19)8-16(12,17)7-13/h11-14,22H,1-10H2,(H,20,21)/t11-,12?,13?,14?,16?,17-,18+,19+/m1/s1. The second-order valence-electron chi connectivity index (χ2n) is 9.77. The maximum atomic E-state index is 11.1. The molecule has 3 bridgehead atoms. The summed E-state index contributed by atoms with van der Waals surface area (Å²) in [5.74, 6) is -0.728. The van der Waals surface area contributed by atoms with Crippen LogP contribution in [0, 0.1) is 29.1 Å². The lowest BCUT2D eigenvalue weighted by Gasteiger charge is -2.55. The second kappa shape index (κ2) is 4.41. The maximum absolute atomic E-state index is 11.1. The van der Waals surface area contributed by atoms with Crippen LogP contribution in [0.2, 0.25) is 0 Å². The van der Waals surface area contributed by atoms with Crippen molar-refractivity contribution < 1.29 is 29.5 Å². The molecule has 6 atom stereocenters. The van der Waals surface area contributed by atoms with Gasteiger partial charge in [0.1, 0.15) is 0 Å². The van der Waals surface area contributed by atoms with Crippen molar-refractivity contribution in [1.29, 1.82) is 0 Å². The van der Waals surface area contributed by atoms with Gasteiger partial charge in [-0.05, 0) is 56.8 Å². The van der Waals surface area contributed by atoms with Crippen LogP contribution in [-0.4, -0.2) is 33.4 Å². The number of rotatable bonds is 2. The van der Waals surface area contributed by atoms with Crippen LogP contribution in [0.5, 0.6) is 0 Å². The summed E-state index contributed by atoms with van der Waals surface area (Å²) < 4.78 is 6.64. The maximum Gasteiger partial charge on any atom is 0.303 e. The van der Waals surface area contributed by atoms with Crippen LogP contribution in [0.15, 0.2) is 0 Å². The Morgan fingerprint density at radius 3 is 2.48 bits per heavy atom. The first-order valence-corrected chi connectivity index (χ1v) is 9.90. The van der Waals surface area contributed by atoms with E-state index in [0.29, 0.717) is 24.7 Å². The van der Waals surface area contributed by atoms with Crippen molar-refractivity contribution in [1.82, 2.24) is 0 Å². The summed E-state index contributed by atoms with van der Waals surface area (Å²) in [6, 6.07) is 0. The summed E-state index contributed by atoms with van der Waals surface area (Å²) in [5, 5.41) is 20.1. The third-order valence-corrected chi connectivity index (χ3v) is 8.80. The lowest BCUT2D eigenvalue weighted by atomic mass is 9.53. The van der Waals surface area contributed by atoms with E-state index >= 15 is 0 Å². The van der Waals surface area contributed by atoms with Crippen molar-refractivity contribution in [3.8, 4) is 0 Å². The first-order chi connectivity index (χ1) is 11.9. The lowest BCUT2D eigenvalue weighted by molar-refractivity contribution is -0.375. The number of fused-ring (bicyclic) bond motifs is 4. The fourth-order valence-corrected chi connectivity index (χ4v) is 7.68. The Morgan fingerprint density at radius 2 is 1.72 bits per heavy atom. The number of aliphatic carboxylic acids is 1. The molecule has 5 saturated carbocycles. The molecule has 6 nitrogen and oxygen atoms in total. The Bertz CT molecular complexity index is 638. The van der Waals surface area contributed by atoms with E-state index in [2.05, 4.69) is 0 Å². The highest BCUT2D eigenvalue weighted by Gasteiger charge is 2.82. The number of hydrogen-bond acceptors (Lipinski definition) is 5. The minimum Gasteiger partial charge on any atom is -0.481 e. The summed E-state index contributed by atoms with van der Waals surface area (Å²) in [6.45, 7) is 0. The minimum atomic E-state index is -0.727. The Kier molecular flexibility index (Phi) is 2.71. The molecular weight excluding hydrogens is 324 g/mol. The largest absolute Gasteiger partial charge is 0.481 e. The predicted octanol–water partition coefficient (Wildman–Crippen LogP) is 2.59. The van der Waals surface area contributed by atoms with Crippen molar-refractivity contribution in [2.45, 2.75) is 81.4 Å². The number of ether oxygens (including phenoxy) is 1. The monoisotopic (exact) mass is 350 g/mol.